The van der Waals surface area contributed by atoms with Crippen molar-refractivity contribution in [2.24, 2.45) is 0 Å². The van der Waals surface area contributed by atoms with Crippen LogP contribution in [0.3, 0.4) is 0 Å². The lowest BCUT2D eigenvalue weighted by atomic mass is 9.96. The van der Waals surface area contributed by atoms with E-state index in [2.05, 4.69) is 0 Å². The summed E-state index contributed by atoms with van der Waals surface area (Å²) >= 11 is 0. The van der Waals surface area contributed by atoms with E-state index in [0.29, 0.717) is 36.3 Å². The van der Waals surface area contributed by atoms with Crippen molar-refractivity contribution in [1.82, 2.24) is 4.90 Å². The van der Waals surface area contributed by atoms with Crippen molar-refractivity contribution >= 4 is 16.9 Å². The number of amides is 1. The summed E-state index contributed by atoms with van der Waals surface area (Å²) in [6.45, 7) is 7.49. The van der Waals surface area contributed by atoms with Crippen LogP contribution >= 0.6 is 0 Å². The monoisotopic (exact) mass is 433 g/mol. The van der Waals surface area contributed by atoms with Crippen molar-refractivity contribution in [1.29, 1.82) is 0 Å². The van der Waals surface area contributed by atoms with E-state index >= 15 is 0 Å². The van der Waals surface area contributed by atoms with Gasteiger partial charge in [-0.15, -0.1) is 0 Å². The molecule has 1 fully saturated rings. The average Bonchev–Trinajstić information content (AvgIpc) is 3.36. The predicted octanol–water partition coefficient (Wildman–Crippen LogP) is 4.53. The molecule has 0 saturated carbocycles. The lowest BCUT2D eigenvalue weighted by Gasteiger charge is -2.27. The molecule has 0 N–H and O–H groups in total. The largest absolute Gasteiger partial charge is 0.494 e. The van der Waals surface area contributed by atoms with Crippen LogP contribution in [-0.2, 0) is 4.74 Å². The van der Waals surface area contributed by atoms with Crippen LogP contribution in [0.25, 0.3) is 11.0 Å². The molecule has 0 bridgehead atoms. The molecule has 0 spiro atoms. The summed E-state index contributed by atoms with van der Waals surface area (Å²) in [5.74, 6) is 0.639. The third kappa shape index (κ3) is 3.39. The van der Waals surface area contributed by atoms with Gasteiger partial charge >= 0.3 is 0 Å². The van der Waals surface area contributed by atoms with E-state index < -0.39 is 6.04 Å². The number of aryl methyl sites for hydroxylation is 2. The zero-order chi connectivity index (χ0) is 22.4. The normalized spacial score (nSPS) is 20.2. The fraction of sp³-hybridized carbons (Fsp3) is 0.385. The molecule has 3 heterocycles. The summed E-state index contributed by atoms with van der Waals surface area (Å²) in [5, 5.41) is 0.539. The minimum absolute atomic E-state index is 0.0352. The molecule has 6 nitrogen and oxygen atoms in total. The lowest BCUT2D eigenvalue weighted by molar-refractivity contribution is 0.0486. The number of carbonyl (C=O) groups is 1. The average molecular weight is 434 g/mol. The highest BCUT2D eigenvalue weighted by Crippen LogP contribution is 2.39. The molecule has 32 heavy (non-hydrogen) atoms. The fourth-order valence-electron chi connectivity index (χ4n) is 4.97. The van der Waals surface area contributed by atoms with E-state index in [0.717, 1.165) is 35.3 Å². The van der Waals surface area contributed by atoms with Gasteiger partial charge in [0.15, 0.2) is 5.43 Å². The molecule has 2 aliphatic heterocycles. The number of benzene rings is 2. The van der Waals surface area contributed by atoms with Crippen molar-refractivity contribution in [2.75, 3.05) is 19.8 Å². The van der Waals surface area contributed by atoms with E-state index in [1.807, 2.05) is 57.2 Å². The number of nitrogens with zero attached hydrogens (tertiary/aromatic N) is 1. The van der Waals surface area contributed by atoms with E-state index in [9.17, 15) is 9.59 Å². The van der Waals surface area contributed by atoms with Gasteiger partial charge < -0.3 is 18.8 Å². The van der Waals surface area contributed by atoms with Crippen LogP contribution in [0.15, 0.2) is 45.6 Å². The highest BCUT2D eigenvalue weighted by molar-refractivity contribution is 5.99. The van der Waals surface area contributed by atoms with E-state index in [1.165, 1.54) is 0 Å². The maximum absolute atomic E-state index is 13.7. The van der Waals surface area contributed by atoms with Gasteiger partial charge in [-0.1, -0.05) is 18.2 Å². The van der Waals surface area contributed by atoms with Gasteiger partial charge in [-0.25, -0.2) is 0 Å². The molecular formula is C26H27NO5. The van der Waals surface area contributed by atoms with Crippen LogP contribution in [0.1, 0.15) is 58.6 Å². The van der Waals surface area contributed by atoms with E-state index in [4.69, 9.17) is 13.9 Å². The quantitative estimate of drug-likeness (QED) is 0.591. The minimum atomic E-state index is -0.515. The zero-order valence-electron chi connectivity index (χ0n) is 18.6. The molecule has 0 radical (unpaired) electrons. The Morgan fingerprint density at radius 3 is 2.59 bits per heavy atom. The van der Waals surface area contributed by atoms with E-state index in [-0.39, 0.29) is 23.2 Å². The number of rotatable bonds is 5. The van der Waals surface area contributed by atoms with Gasteiger partial charge in [0.25, 0.3) is 5.91 Å². The highest BCUT2D eigenvalue weighted by Gasteiger charge is 2.44. The molecule has 0 aliphatic carbocycles. The third-order valence-corrected chi connectivity index (χ3v) is 6.34. The van der Waals surface area contributed by atoms with Crippen LogP contribution in [0.2, 0.25) is 0 Å². The maximum Gasteiger partial charge on any atom is 0.291 e. The Morgan fingerprint density at radius 1 is 1.12 bits per heavy atom. The van der Waals surface area contributed by atoms with Crippen molar-refractivity contribution in [2.45, 2.75) is 45.8 Å². The Morgan fingerprint density at radius 2 is 1.91 bits per heavy atom. The molecular weight excluding hydrogens is 406 g/mol. The Kier molecular flexibility index (Phi) is 5.25. The SMILES string of the molecule is CCOc1ccc([C@@H]2c3c(oc4cc(C)cc(C)c4c3=O)C(=O)N2C[C@H]2CCCO2)cc1. The van der Waals surface area contributed by atoms with Crippen molar-refractivity contribution in [3.63, 3.8) is 0 Å². The van der Waals surface area contributed by atoms with Crippen LogP contribution in [0.5, 0.6) is 5.75 Å². The second-order valence-electron chi connectivity index (χ2n) is 8.63. The summed E-state index contributed by atoms with van der Waals surface area (Å²) in [5.41, 5.74) is 3.44. The molecule has 1 saturated heterocycles. The van der Waals surface area contributed by atoms with Crippen LogP contribution in [0, 0.1) is 13.8 Å². The van der Waals surface area contributed by atoms with Crippen LogP contribution in [-0.4, -0.2) is 36.7 Å². The van der Waals surface area contributed by atoms with Crippen molar-refractivity contribution in [3.8, 4) is 5.75 Å². The molecule has 3 aromatic rings. The number of hydrogen-bond acceptors (Lipinski definition) is 5. The van der Waals surface area contributed by atoms with Gasteiger partial charge in [0, 0.05) is 13.2 Å². The molecule has 2 atom stereocenters. The highest BCUT2D eigenvalue weighted by atomic mass is 16.5. The number of fused-ring (bicyclic) bond motifs is 2. The lowest BCUT2D eigenvalue weighted by Crippen LogP contribution is -2.36. The third-order valence-electron chi connectivity index (χ3n) is 6.34. The summed E-state index contributed by atoms with van der Waals surface area (Å²) in [6, 6.07) is 10.9. The minimum Gasteiger partial charge on any atom is -0.494 e. The Balaban J connectivity index is 1.68. The standard InChI is InChI=1S/C26H27NO5/c1-4-30-18-9-7-17(8-10-18)23-22-24(28)21-16(3)12-15(2)13-20(21)32-25(22)26(29)27(23)14-19-6-5-11-31-19/h7-10,12-13,19,23H,4-6,11,14H2,1-3H3/t19-,23-/m1/s1. The number of carbonyl (C=O) groups excluding carboxylic acids is 1. The van der Waals surface area contributed by atoms with Crippen LogP contribution in [0.4, 0.5) is 0 Å². The smallest absolute Gasteiger partial charge is 0.291 e. The van der Waals surface area contributed by atoms with Gasteiger partial charge in [-0.2, -0.15) is 0 Å². The topological polar surface area (TPSA) is 69.0 Å². The molecule has 5 rings (SSSR count). The zero-order valence-corrected chi connectivity index (χ0v) is 18.6. The van der Waals surface area contributed by atoms with Crippen LogP contribution < -0.4 is 10.2 Å². The van der Waals surface area contributed by atoms with Gasteiger partial charge in [0.1, 0.15) is 11.3 Å². The Bertz CT molecular complexity index is 1240. The first-order valence-electron chi connectivity index (χ1n) is 11.2. The molecule has 0 unspecified atom stereocenters. The second kappa shape index (κ2) is 8.10. The first-order valence-corrected chi connectivity index (χ1v) is 11.2. The molecule has 2 aliphatic rings. The van der Waals surface area contributed by atoms with Crippen molar-refractivity contribution in [3.05, 3.63) is 74.6 Å². The van der Waals surface area contributed by atoms with E-state index in [1.54, 1.807) is 4.90 Å². The Labute approximate surface area is 186 Å². The van der Waals surface area contributed by atoms with Crippen molar-refractivity contribution < 1.29 is 18.7 Å². The molecule has 1 amide bonds. The molecule has 166 valence electrons. The summed E-state index contributed by atoms with van der Waals surface area (Å²) < 4.78 is 17.5. The van der Waals surface area contributed by atoms with Gasteiger partial charge in [0.2, 0.25) is 5.76 Å². The first-order chi connectivity index (χ1) is 15.5. The maximum atomic E-state index is 13.7. The van der Waals surface area contributed by atoms with Gasteiger partial charge in [0.05, 0.1) is 29.7 Å². The Hall–Kier alpha value is -3.12. The molecule has 2 aromatic carbocycles. The summed E-state index contributed by atoms with van der Waals surface area (Å²) in [7, 11) is 0. The number of hydrogen-bond donors (Lipinski definition) is 0. The number of ether oxygens (including phenoxy) is 2. The summed E-state index contributed by atoms with van der Waals surface area (Å²) in [4.78, 5) is 29.0. The van der Waals surface area contributed by atoms with Gasteiger partial charge in [-0.3, -0.25) is 9.59 Å². The summed E-state index contributed by atoms with van der Waals surface area (Å²) in [6.07, 6.45) is 1.84. The van der Waals surface area contributed by atoms with Gasteiger partial charge in [-0.05, 0) is 68.5 Å². The second-order valence-corrected chi connectivity index (χ2v) is 8.63. The molecule has 6 heteroatoms. The molecule has 1 aromatic heterocycles. The predicted molar refractivity (Wildman–Crippen MR) is 121 cm³/mol. The fourth-order valence-corrected chi connectivity index (χ4v) is 4.97. The first kappa shape index (κ1) is 20.8.